The fourth-order valence-corrected chi connectivity index (χ4v) is 1.23. The summed E-state index contributed by atoms with van der Waals surface area (Å²) in [6, 6.07) is 3.56. The molecular formula is C11H14N2O4. The van der Waals surface area contributed by atoms with E-state index in [1.807, 2.05) is 0 Å². The van der Waals surface area contributed by atoms with E-state index in [4.69, 9.17) is 15.6 Å². The van der Waals surface area contributed by atoms with Gasteiger partial charge in [0.05, 0.1) is 12.7 Å². The van der Waals surface area contributed by atoms with Gasteiger partial charge >= 0.3 is 5.97 Å². The van der Waals surface area contributed by atoms with Gasteiger partial charge in [0.1, 0.15) is 11.8 Å². The van der Waals surface area contributed by atoms with E-state index in [2.05, 4.69) is 5.32 Å². The maximum Gasteiger partial charge on any atom is 0.325 e. The molecule has 0 heterocycles. The Morgan fingerprint density at radius 1 is 1.47 bits per heavy atom. The molecule has 4 N–H and O–H groups in total. The van der Waals surface area contributed by atoms with Crippen molar-refractivity contribution in [3.8, 4) is 5.75 Å². The number of anilines is 1. The molecule has 1 amide bonds. The van der Waals surface area contributed by atoms with Crippen LogP contribution in [0, 0.1) is 0 Å². The Hall–Kier alpha value is -2.24. The van der Waals surface area contributed by atoms with Crippen molar-refractivity contribution in [3.05, 3.63) is 23.8 Å². The van der Waals surface area contributed by atoms with Crippen LogP contribution in [0.4, 0.5) is 5.69 Å². The molecule has 1 rings (SSSR count). The van der Waals surface area contributed by atoms with Gasteiger partial charge in [0.2, 0.25) is 0 Å². The molecule has 17 heavy (non-hydrogen) atoms. The zero-order valence-electron chi connectivity index (χ0n) is 9.56. The Morgan fingerprint density at radius 2 is 2.12 bits per heavy atom. The second kappa shape index (κ2) is 5.20. The number of carboxylic acid groups (broad SMARTS) is 1. The van der Waals surface area contributed by atoms with Gasteiger partial charge in [0.25, 0.3) is 5.91 Å². The van der Waals surface area contributed by atoms with Gasteiger partial charge < -0.3 is 20.9 Å². The Labute approximate surface area is 98.4 Å². The number of carbonyl (C=O) groups excluding carboxylic acids is 1. The quantitative estimate of drug-likeness (QED) is 0.662. The number of nitrogen functional groups attached to an aromatic ring is 1. The third-order valence-corrected chi connectivity index (χ3v) is 2.19. The maximum atomic E-state index is 11.8. The summed E-state index contributed by atoms with van der Waals surface area (Å²) in [5.41, 5.74) is 6.25. The maximum absolute atomic E-state index is 11.8. The van der Waals surface area contributed by atoms with Crippen molar-refractivity contribution < 1.29 is 19.4 Å². The molecule has 0 aromatic heterocycles. The number of amides is 1. The summed E-state index contributed by atoms with van der Waals surface area (Å²) in [6.45, 7) is 1.38. The van der Waals surface area contributed by atoms with Gasteiger partial charge in [-0.25, -0.2) is 0 Å². The molecule has 0 radical (unpaired) electrons. The first-order valence-electron chi connectivity index (χ1n) is 4.93. The number of carbonyl (C=O) groups is 2. The fourth-order valence-electron chi connectivity index (χ4n) is 1.23. The minimum Gasteiger partial charge on any atom is -0.496 e. The topological polar surface area (TPSA) is 102 Å². The summed E-state index contributed by atoms with van der Waals surface area (Å²) in [5, 5.41) is 11.0. The Morgan fingerprint density at radius 3 is 2.65 bits per heavy atom. The van der Waals surface area contributed by atoms with Crippen LogP contribution in [0.5, 0.6) is 5.75 Å². The second-order valence-corrected chi connectivity index (χ2v) is 3.49. The summed E-state index contributed by atoms with van der Waals surface area (Å²) in [7, 11) is 1.41. The van der Waals surface area contributed by atoms with Crippen LogP contribution in [0.3, 0.4) is 0 Å². The lowest BCUT2D eigenvalue weighted by molar-refractivity contribution is -0.138. The van der Waals surface area contributed by atoms with Crippen LogP contribution in [-0.4, -0.2) is 30.1 Å². The molecule has 0 saturated carbocycles. The van der Waals surface area contributed by atoms with E-state index in [1.54, 1.807) is 6.07 Å². The minimum atomic E-state index is -1.10. The Kier molecular flexibility index (Phi) is 3.92. The van der Waals surface area contributed by atoms with E-state index < -0.39 is 17.9 Å². The van der Waals surface area contributed by atoms with Crippen molar-refractivity contribution >= 4 is 17.6 Å². The van der Waals surface area contributed by atoms with Gasteiger partial charge in [0, 0.05) is 11.8 Å². The molecule has 6 heteroatoms. The zero-order chi connectivity index (χ0) is 13.0. The van der Waals surface area contributed by atoms with Crippen LogP contribution < -0.4 is 15.8 Å². The average Bonchev–Trinajstić information content (AvgIpc) is 2.28. The molecule has 1 unspecified atom stereocenters. The van der Waals surface area contributed by atoms with Crippen LogP contribution >= 0.6 is 0 Å². The normalized spacial score (nSPS) is 11.6. The molecule has 0 bridgehead atoms. The smallest absolute Gasteiger partial charge is 0.325 e. The fraction of sp³-hybridized carbons (Fsp3) is 0.273. The number of benzene rings is 1. The monoisotopic (exact) mass is 238 g/mol. The van der Waals surface area contributed by atoms with Crippen molar-refractivity contribution in [2.45, 2.75) is 13.0 Å². The van der Waals surface area contributed by atoms with E-state index in [0.29, 0.717) is 11.4 Å². The second-order valence-electron chi connectivity index (χ2n) is 3.49. The molecule has 92 valence electrons. The highest BCUT2D eigenvalue weighted by molar-refractivity contribution is 5.99. The first kappa shape index (κ1) is 12.8. The third kappa shape index (κ3) is 3.10. The van der Waals surface area contributed by atoms with Crippen molar-refractivity contribution in [1.29, 1.82) is 0 Å². The predicted molar refractivity (Wildman–Crippen MR) is 62.0 cm³/mol. The largest absolute Gasteiger partial charge is 0.496 e. The lowest BCUT2D eigenvalue weighted by Crippen LogP contribution is -2.38. The average molecular weight is 238 g/mol. The Balaban J connectivity index is 2.92. The number of ether oxygens (including phenoxy) is 1. The highest BCUT2D eigenvalue weighted by Gasteiger charge is 2.18. The molecule has 1 aromatic rings. The van der Waals surface area contributed by atoms with Crippen LogP contribution in [0.2, 0.25) is 0 Å². The number of hydrogen-bond acceptors (Lipinski definition) is 4. The minimum absolute atomic E-state index is 0.245. The number of methoxy groups -OCH3 is 1. The summed E-state index contributed by atoms with van der Waals surface area (Å²) in [5.74, 6) is -1.32. The lowest BCUT2D eigenvalue weighted by Gasteiger charge is -2.12. The number of aliphatic carboxylic acids is 1. The van der Waals surface area contributed by atoms with E-state index >= 15 is 0 Å². The molecule has 0 aliphatic rings. The Bertz CT molecular complexity index is 445. The van der Waals surface area contributed by atoms with Gasteiger partial charge in [-0.1, -0.05) is 0 Å². The highest BCUT2D eigenvalue weighted by Crippen LogP contribution is 2.21. The SMILES string of the molecule is COc1cc(N)ccc1C(=O)NC(C)C(=O)O. The van der Waals surface area contributed by atoms with Gasteiger partial charge in [-0.3, -0.25) is 9.59 Å². The lowest BCUT2D eigenvalue weighted by atomic mass is 10.1. The van der Waals surface area contributed by atoms with Crippen LogP contribution in [0.25, 0.3) is 0 Å². The van der Waals surface area contributed by atoms with Crippen LogP contribution in [0.1, 0.15) is 17.3 Å². The van der Waals surface area contributed by atoms with Gasteiger partial charge in [-0.2, -0.15) is 0 Å². The molecule has 0 aliphatic carbocycles. The number of carboxylic acids is 1. The van der Waals surface area contributed by atoms with Crippen LogP contribution in [0.15, 0.2) is 18.2 Å². The molecule has 0 fully saturated rings. The number of nitrogens with two attached hydrogens (primary N) is 1. The van der Waals surface area contributed by atoms with E-state index in [-0.39, 0.29) is 5.56 Å². The van der Waals surface area contributed by atoms with Gasteiger partial charge in [-0.05, 0) is 19.1 Å². The summed E-state index contributed by atoms with van der Waals surface area (Å²) < 4.78 is 5.00. The van der Waals surface area contributed by atoms with Crippen LogP contribution in [-0.2, 0) is 4.79 Å². The van der Waals surface area contributed by atoms with Crippen molar-refractivity contribution in [1.82, 2.24) is 5.32 Å². The van der Waals surface area contributed by atoms with Gasteiger partial charge in [0.15, 0.2) is 0 Å². The van der Waals surface area contributed by atoms with Crippen molar-refractivity contribution in [3.63, 3.8) is 0 Å². The highest BCUT2D eigenvalue weighted by atomic mass is 16.5. The standard InChI is InChI=1S/C11H14N2O4/c1-6(11(15)16)13-10(14)8-4-3-7(12)5-9(8)17-2/h3-6H,12H2,1-2H3,(H,13,14)(H,15,16). The van der Waals surface area contributed by atoms with Crippen molar-refractivity contribution in [2.75, 3.05) is 12.8 Å². The van der Waals surface area contributed by atoms with Crippen molar-refractivity contribution in [2.24, 2.45) is 0 Å². The molecule has 0 spiro atoms. The van der Waals surface area contributed by atoms with E-state index in [1.165, 1.54) is 26.2 Å². The number of rotatable bonds is 4. The summed E-state index contributed by atoms with van der Waals surface area (Å²) in [4.78, 5) is 22.4. The van der Waals surface area contributed by atoms with Gasteiger partial charge in [-0.15, -0.1) is 0 Å². The first-order valence-corrected chi connectivity index (χ1v) is 4.93. The molecule has 0 saturated heterocycles. The molecule has 6 nitrogen and oxygen atoms in total. The molecule has 0 aliphatic heterocycles. The first-order chi connectivity index (χ1) is 7.95. The molecule has 1 atom stereocenters. The summed E-state index contributed by atoms with van der Waals surface area (Å²) >= 11 is 0. The van der Waals surface area contributed by atoms with E-state index in [0.717, 1.165) is 0 Å². The van der Waals surface area contributed by atoms with E-state index in [9.17, 15) is 9.59 Å². The zero-order valence-corrected chi connectivity index (χ0v) is 9.56. The predicted octanol–water partition coefficient (Wildman–Crippen LogP) is 0.480. The number of hydrogen-bond donors (Lipinski definition) is 3. The molecular weight excluding hydrogens is 224 g/mol. The molecule has 1 aromatic carbocycles. The summed E-state index contributed by atoms with van der Waals surface area (Å²) in [6.07, 6.45) is 0. The number of nitrogens with one attached hydrogen (secondary N) is 1. The third-order valence-electron chi connectivity index (χ3n) is 2.19.